The normalized spacial score (nSPS) is 11.8. The summed E-state index contributed by atoms with van der Waals surface area (Å²) in [6.07, 6.45) is 0. The van der Waals surface area contributed by atoms with Gasteiger partial charge in [0.2, 0.25) is 0 Å². The van der Waals surface area contributed by atoms with Gasteiger partial charge in [-0.2, -0.15) is 0 Å². The number of thiophene rings is 1. The minimum Gasteiger partial charge on any atom is -0.309 e. The summed E-state index contributed by atoms with van der Waals surface area (Å²) >= 11 is 1.83. The third-order valence-corrected chi connectivity index (χ3v) is 13.5. The van der Waals surface area contributed by atoms with Gasteiger partial charge in [-0.15, -0.1) is 11.3 Å². The van der Waals surface area contributed by atoms with Crippen molar-refractivity contribution in [1.82, 2.24) is 24.1 Å². The molecule has 6 heteroatoms. The summed E-state index contributed by atoms with van der Waals surface area (Å²) in [4.78, 5) is 15.5. The summed E-state index contributed by atoms with van der Waals surface area (Å²) in [7, 11) is 0. The molecule has 9 aromatic carbocycles. The third-order valence-electron chi connectivity index (χ3n) is 12.4. The molecular formula is C57H35N5S. The second-order valence-corrected chi connectivity index (χ2v) is 17.0. The Morgan fingerprint density at radius 2 is 0.873 bits per heavy atom. The molecule has 13 aromatic rings. The summed E-state index contributed by atoms with van der Waals surface area (Å²) in [6, 6.07) is 75.5. The molecule has 0 spiro atoms. The smallest absolute Gasteiger partial charge is 0.164 e. The van der Waals surface area contributed by atoms with Crippen LogP contribution in [0.2, 0.25) is 0 Å². The van der Waals surface area contributed by atoms with E-state index in [0.717, 1.165) is 39.0 Å². The maximum atomic E-state index is 5.25. The number of benzene rings is 9. The summed E-state index contributed by atoms with van der Waals surface area (Å²) < 4.78 is 7.37. The van der Waals surface area contributed by atoms with Crippen molar-refractivity contribution in [2.45, 2.75) is 0 Å². The van der Waals surface area contributed by atoms with Crippen LogP contribution in [0.25, 0.3) is 120 Å². The lowest BCUT2D eigenvalue weighted by atomic mass is 9.98. The first-order chi connectivity index (χ1) is 31.3. The molecule has 0 fully saturated rings. The Balaban J connectivity index is 1.18. The highest BCUT2D eigenvalue weighted by molar-refractivity contribution is 7.26. The molecule has 0 aliphatic carbocycles. The van der Waals surface area contributed by atoms with Gasteiger partial charge in [-0.05, 0) is 54.1 Å². The van der Waals surface area contributed by atoms with E-state index in [-0.39, 0.29) is 0 Å². The van der Waals surface area contributed by atoms with Crippen molar-refractivity contribution in [3.05, 3.63) is 212 Å². The van der Waals surface area contributed by atoms with E-state index in [9.17, 15) is 0 Å². The molecule has 13 rings (SSSR count). The van der Waals surface area contributed by atoms with Gasteiger partial charge in [0, 0.05) is 65.0 Å². The zero-order valence-electron chi connectivity index (χ0n) is 33.9. The predicted molar refractivity (Wildman–Crippen MR) is 263 cm³/mol. The number of aromatic nitrogens is 5. The van der Waals surface area contributed by atoms with Crippen molar-refractivity contribution >= 4 is 75.1 Å². The lowest BCUT2D eigenvalue weighted by molar-refractivity contribution is 1.08. The van der Waals surface area contributed by atoms with Crippen LogP contribution < -0.4 is 0 Å². The van der Waals surface area contributed by atoms with Crippen LogP contribution in [-0.2, 0) is 0 Å². The van der Waals surface area contributed by atoms with Gasteiger partial charge in [0.15, 0.2) is 17.5 Å². The van der Waals surface area contributed by atoms with Crippen LogP contribution in [0.3, 0.4) is 0 Å². The van der Waals surface area contributed by atoms with Crippen molar-refractivity contribution in [3.63, 3.8) is 0 Å². The Bertz CT molecular complexity index is 3830. The molecule has 0 saturated heterocycles. The second-order valence-electron chi connectivity index (χ2n) is 15.9. The first kappa shape index (κ1) is 35.6. The topological polar surface area (TPSA) is 48.5 Å². The molecule has 63 heavy (non-hydrogen) atoms. The number of hydrogen-bond donors (Lipinski definition) is 0. The SMILES string of the molecule is c1ccc(-c2nc(-c3ccccc3)nc(-c3ccc(-n4c5ccccc5c5cc(-c6ccccc6)c6c(c7ccccc7n6-c6ccccc6)c54)c4sc5ccccc5c34)n2)cc1. The third kappa shape index (κ3) is 5.52. The maximum absolute atomic E-state index is 5.25. The molecule has 0 amide bonds. The number of fused-ring (bicyclic) bond motifs is 10. The van der Waals surface area contributed by atoms with Gasteiger partial charge in [-0.3, -0.25) is 0 Å². The fourth-order valence-corrected chi connectivity index (χ4v) is 10.9. The quantitative estimate of drug-likeness (QED) is 0.168. The molecule has 294 valence electrons. The Morgan fingerprint density at radius 3 is 1.54 bits per heavy atom. The molecule has 0 atom stereocenters. The van der Waals surface area contributed by atoms with Gasteiger partial charge in [0.1, 0.15) is 0 Å². The Kier molecular flexibility index (Phi) is 8.01. The molecule has 0 aliphatic rings. The van der Waals surface area contributed by atoms with Crippen molar-refractivity contribution in [3.8, 4) is 56.7 Å². The number of hydrogen-bond acceptors (Lipinski definition) is 4. The first-order valence-electron chi connectivity index (χ1n) is 21.2. The molecule has 0 aliphatic heterocycles. The van der Waals surface area contributed by atoms with E-state index in [1.54, 1.807) is 0 Å². The molecular weight excluding hydrogens is 787 g/mol. The highest BCUT2D eigenvalue weighted by Crippen LogP contribution is 2.49. The molecule has 5 nitrogen and oxygen atoms in total. The Labute approximate surface area is 366 Å². The van der Waals surface area contributed by atoms with E-state index in [1.165, 1.54) is 64.0 Å². The summed E-state index contributed by atoms with van der Waals surface area (Å²) in [5.41, 5.74) is 12.2. The average molecular weight is 822 g/mol. The van der Waals surface area contributed by atoms with E-state index in [0.29, 0.717) is 17.5 Å². The van der Waals surface area contributed by atoms with Crippen LogP contribution in [0.1, 0.15) is 0 Å². The highest BCUT2D eigenvalue weighted by atomic mass is 32.1. The predicted octanol–water partition coefficient (Wildman–Crippen LogP) is 15.1. The van der Waals surface area contributed by atoms with Gasteiger partial charge in [-0.1, -0.05) is 164 Å². The van der Waals surface area contributed by atoms with Gasteiger partial charge in [-0.25, -0.2) is 15.0 Å². The molecule has 0 unspecified atom stereocenters. The van der Waals surface area contributed by atoms with E-state index in [2.05, 4.69) is 185 Å². The monoisotopic (exact) mass is 821 g/mol. The minimum absolute atomic E-state index is 0.644. The van der Waals surface area contributed by atoms with Crippen molar-refractivity contribution < 1.29 is 0 Å². The van der Waals surface area contributed by atoms with Crippen molar-refractivity contribution in [2.24, 2.45) is 0 Å². The van der Waals surface area contributed by atoms with Crippen LogP contribution >= 0.6 is 11.3 Å². The second kappa shape index (κ2) is 14.2. The maximum Gasteiger partial charge on any atom is 0.164 e. The number of para-hydroxylation sites is 3. The summed E-state index contributed by atoms with van der Waals surface area (Å²) in [5.74, 6) is 1.93. The lowest BCUT2D eigenvalue weighted by Gasteiger charge is -2.15. The highest BCUT2D eigenvalue weighted by Gasteiger charge is 2.26. The van der Waals surface area contributed by atoms with Crippen LogP contribution in [-0.4, -0.2) is 24.1 Å². The van der Waals surface area contributed by atoms with Crippen LogP contribution in [0, 0.1) is 0 Å². The standard InChI is InChI=1S/C57H35N5S/c1-5-19-36(20-6-1)44-35-45-40-27-13-16-30-46(40)62(53(45)51-41-28-14-17-31-47(41)61(52(44)51)39-25-11-4-12-26-39)48-34-33-43(50-42-29-15-18-32-49(42)63-54(48)50)57-59-55(37-21-7-2-8-22-37)58-56(60-57)38-23-9-3-10-24-38/h1-35H. The van der Waals surface area contributed by atoms with Crippen LogP contribution in [0.15, 0.2) is 212 Å². The van der Waals surface area contributed by atoms with E-state index in [1.807, 2.05) is 47.7 Å². The number of rotatable bonds is 6. The van der Waals surface area contributed by atoms with E-state index < -0.39 is 0 Å². The molecule has 0 radical (unpaired) electrons. The average Bonchev–Trinajstić information content (AvgIpc) is 4.03. The fraction of sp³-hybridized carbons (Fsp3) is 0. The van der Waals surface area contributed by atoms with E-state index >= 15 is 0 Å². The Hall–Kier alpha value is -8.19. The molecule has 4 aromatic heterocycles. The van der Waals surface area contributed by atoms with Gasteiger partial charge in [0.05, 0.1) is 32.5 Å². The van der Waals surface area contributed by atoms with E-state index in [4.69, 9.17) is 15.0 Å². The van der Waals surface area contributed by atoms with Crippen molar-refractivity contribution in [1.29, 1.82) is 0 Å². The zero-order chi connectivity index (χ0) is 41.4. The van der Waals surface area contributed by atoms with Crippen molar-refractivity contribution in [2.75, 3.05) is 0 Å². The molecule has 0 N–H and O–H groups in total. The van der Waals surface area contributed by atoms with Gasteiger partial charge < -0.3 is 9.13 Å². The molecule has 4 heterocycles. The largest absolute Gasteiger partial charge is 0.309 e. The Morgan fingerprint density at radius 1 is 0.349 bits per heavy atom. The summed E-state index contributed by atoms with van der Waals surface area (Å²) in [5, 5.41) is 7.15. The van der Waals surface area contributed by atoms with Crippen LogP contribution in [0.5, 0.6) is 0 Å². The molecule has 0 saturated carbocycles. The fourth-order valence-electron chi connectivity index (χ4n) is 9.64. The number of nitrogens with zero attached hydrogens (tertiary/aromatic N) is 5. The minimum atomic E-state index is 0.644. The lowest BCUT2D eigenvalue weighted by Crippen LogP contribution is -2.01. The molecule has 0 bridgehead atoms. The summed E-state index contributed by atoms with van der Waals surface area (Å²) in [6.45, 7) is 0. The van der Waals surface area contributed by atoms with Gasteiger partial charge >= 0.3 is 0 Å². The zero-order valence-corrected chi connectivity index (χ0v) is 34.7. The van der Waals surface area contributed by atoms with Crippen LogP contribution in [0.4, 0.5) is 0 Å². The first-order valence-corrected chi connectivity index (χ1v) is 22.0. The van der Waals surface area contributed by atoms with Gasteiger partial charge in [0.25, 0.3) is 0 Å².